The van der Waals surface area contributed by atoms with Crippen LogP contribution in [0.1, 0.15) is 23.0 Å². The minimum Gasteiger partial charge on any atom is -0.497 e. The third-order valence-electron chi connectivity index (χ3n) is 6.26. The van der Waals surface area contributed by atoms with Gasteiger partial charge in [-0.15, -0.1) is 0 Å². The zero-order valence-electron chi connectivity index (χ0n) is 19.6. The second-order valence-corrected chi connectivity index (χ2v) is 8.63. The van der Waals surface area contributed by atoms with Gasteiger partial charge >= 0.3 is 0 Å². The topological polar surface area (TPSA) is 75.6 Å². The molecule has 0 bridgehead atoms. The highest BCUT2D eigenvalue weighted by Gasteiger charge is 2.51. The van der Waals surface area contributed by atoms with E-state index in [0.29, 0.717) is 6.61 Å². The standard InChI is InChI=1S/C28H30O7/c1-30-22-14-12-20(13-15-22)17-32-26-25(31-16-19-8-4-2-5-9-19)24-23(34-27(26)29)18-33-28(35-24)21-10-6-3-7-11-21/h2-15,23-29H,16-18H2,1H3/t23-,24-,25+,26+,27?,28-/m1/s1. The number of hydrogen-bond acceptors (Lipinski definition) is 7. The van der Waals surface area contributed by atoms with Crippen LogP contribution in [0.2, 0.25) is 0 Å². The van der Waals surface area contributed by atoms with Crippen LogP contribution in [0.25, 0.3) is 0 Å². The lowest BCUT2D eigenvalue weighted by atomic mass is 9.97. The van der Waals surface area contributed by atoms with Crippen molar-refractivity contribution in [2.75, 3.05) is 13.7 Å². The zero-order valence-corrected chi connectivity index (χ0v) is 19.6. The van der Waals surface area contributed by atoms with E-state index < -0.39 is 37.0 Å². The Kier molecular flexibility index (Phi) is 7.73. The number of ether oxygens (including phenoxy) is 6. The maximum atomic E-state index is 10.9. The van der Waals surface area contributed by atoms with E-state index in [-0.39, 0.29) is 13.2 Å². The Balaban J connectivity index is 1.35. The number of benzene rings is 3. The van der Waals surface area contributed by atoms with Gasteiger partial charge in [0.1, 0.15) is 30.2 Å². The fraction of sp³-hybridized carbons (Fsp3) is 0.357. The molecule has 3 aromatic carbocycles. The summed E-state index contributed by atoms with van der Waals surface area (Å²) in [6, 6.07) is 27.2. The van der Waals surface area contributed by atoms with Gasteiger partial charge in [-0.25, -0.2) is 0 Å². The normalized spacial score (nSPS) is 28.3. The summed E-state index contributed by atoms with van der Waals surface area (Å²) >= 11 is 0. The predicted octanol–water partition coefficient (Wildman–Crippen LogP) is 4.00. The molecule has 2 saturated heterocycles. The molecule has 7 nitrogen and oxygen atoms in total. The van der Waals surface area contributed by atoms with E-state index in [1.165, 1.54) is 0 Å². The minimum atomic E-state index is -1.18. The number of hydrogen-bond donors (Lipinski definition) is 1. The van der Waals surface area contributed by atoms with Crippen molar-refractivity contribution in [1.29, 1.82) is 0 Å². The van der Waals surface area contributed by atoms with Crippen molar-refractivity contribution in [2.24, 2.45) is 0 Å². The van der Waals surface area contributed by atoms with Gasteiger partial charge in [-0.3, -0.25) is 0 Å². The lowest BCUT2D eigenvalue weighted by Crippen LogP contribution is -2.63. The molecule has 35 heavy (non-hydrogen) atoms. The molecule has 2 fully saturated rings. The molecule has 6 atom stereocenters. The van der Waals surface area contributed by atoms with E-state index in [0.717, 1.165) is 22.4 Å². The molecule has 7 heteroatoms. The van der Waals surface area contributed by atoms with E-state index in [4.69, 9.17) is 28.4 Å². The molecule has 184 valence electrons. The molecule has 0 amide bonds. The van der Waals surface area contributed by atoms with Gasteiger partial charge in [0.15, 0.2) is 12.6 Å². The van der Waals surface area contributed by atoms with Crippen molar-refractivity contribution in [3.8, 4) is 5.75 Å². The Labute approximate surface area is 205 Å². The summed E-state index contributed by atoms with van der Waals surface area (Å²) in [5.74, 6) is 0.768. The van der Waals surface area contributed by atoms with Crippen molar-refractivity contribution in [2.45, 2.75) is 50.2 Å². The van der Waals surface area contributed by atoms with E-state index >= 15 is 0 Å². The maximum absolute atomic E-state index is 10.9. The quantitative estimate of drug-likeness (QED) is 0.525. The van der Waals surface area contributed by atoms with Crippen LogP contribution in [0.3, 0.4) is 0 Å². The summed E-state index contributed by atoms with van der Waals surface area (Å²) in [5.41, 5.74) is 2.87. The van der Waals surface area contributed by atoms with Crippen molar-refractivity contribution in [3.05, 3.63) is 102 Å². The number of rotatable bonds is 8. The van der Waals surface area contributed by atoms with Gasteiger partial charge in [-0.2, -0.15) is 0 Å². The van der Waals surface area contributed by atoms with Crippen molar-refractivity contribution >= 4 is 0 Å². The van der Waals surface area contributed by atoms with Crippen LogP contribution >= 0.6 is 0 Å². The average Bonchev–Trinajstić information content (AvgIpc) is 2.92. The van der Waals surface area contributed by atoms with Crippen molar-refractivity contribution in [1.82, 2.24) is 0 Å². The van der Waals surface area contributed by atoms with Gasteiger partial charge in [0.2, 0.25) is 0 Å². The molecule has 2 aliphatic heterocycles. The highest BCUT2D eigenvalue weighted by Crippen LogP contribution is 2.36. The summed E-state index contributed by atoms with van der Waals surface area (Å²) in [5, 5.41) is 10.9. The monoisotopic (exact) mass is 478 g/mol. The second kappa shape index (κ2) is 11.3. The van der Waals surface area contributed by atoms with Gasteiger partial charge in [0.05, 0.1) is 26.9 Å². The second-order valence-electron chi connectivity index (χ2n) is 8.63. The van der Waals surface area contributed by atoms with Gasteiger partial charge in [0.25, 0.3) is 0 Å². The van der Waals surface area contributed by atoms with Crippen LogP contribution in [0.5, 0.6) is 5.75 Å². The van der Waals surface area contributed by atoms with E-state index in [9.17, 15) is 5.11 Å². The van der Waals surface area contributed by atoms with Crippen LogP contribution in [-0.4, -0.2) is 49.5 Å². The molecule has 0 aliphatic carbocycles. The first kappa shape index (κ1) is 23.9. The Hall–Kier alpha value is -2.78. The number of aliphatic hydroxyl groups excluding tert-OH is 1. The minimum absolute atomic E-state index is 0.274. The molecule has 2 heterocycles. The van der Waals surface area contributed by atoms with Crippen LogP contribution in [-0.2, 0) is 36.9 Å². The molecule has 3 aromatic rings. The summed E-state index contributed by atoms with van der Waals surface area (Å²) < 4.78 is 35.9. The van der Waals surface area contributed by atoms with Crippen LogP contribution in [0, 0.1) is 0 Å². The van der Waals surface area contributed by atoms with Crippen molar-refractivity contribution in [3.63, 3.8) is 0 Å². The number of aliphatic hydroxyl groups is 1. The number of methoxy groups -OCH3 is 1. The van der Waals surface area contributed by atoms with Crippen molar-refractivity contribution < 1.29 is 33.5 Å². The Morgan fingerprint density at radius 1 is 0.771 bits per heavy atom. The zero-order chi connectivity index (χ0) is 24.0. The first-order chi connectivity index (χ1) is 17.2. The largest absolute Gasteiger partial charge is 0.497 e. The maximum Gasteiger partial charge on any atom is 0.184 e. The number of fused-ring (bicyclic) bond motifs is 1. The third-order valence-corrected chi connectivity index (χ3v) is 6.26. The summed E-state index contributed by atoms with van der Waals surface area (Å²) in [6.45, 7) is 0.901. The predicted molar refractivity (Wildman–Crippen MR) is 127 cm³/mol. The highest BCUT2D eigenvalue weighted by atomic mass is 16.7. The Morgan fingerprint density at radius 2 is 1.40 bits per heavy atom. The van der Waals surface area contributed by atoms with E-state index in [1.807, 2.05) is 84.9 Å². The van der Waals surface area contributed by atoms with E-state index in [1.54, 1.807) is 7.11 Å². The molecule has 0 spiro atoms. The summed E-state index contributed by atoms with van der Waals surface area (Å²) in [7, 11) is 1.63. The molecule has 5 rings (SSSR count). The fourth-order valence-electron chi connectivity index (χ4n) is 4.39. The summed E-state index contributed by atoms with van der Waals surface area (Å²) in [6.07, 6.45) is -4.03. The fourth-order valence-corrected chi connectivity index (χ4v) is 4.39. The van der Waals surface area contributed by atoms with Gasteiger partial charge in [0, 0.05) is 5.56 Å². The van der Waals surface area contributed by atoms with Crippen LogP contribution in [0.4, 0.5) is 0 Å². The van der Waals surface area contributed by atoms with Crippen LogP contribution in [0.15, 0.2) is 84.9 Å². The molecule has 0 aromatic heterocycles. The lowest BCUT2D eigenvalue weighted by molar-refractivity contribution is -0.366. The molecule has 0 radical (unpaired) electrons. The van der Waals surface area contributed by atoms with Gasteiger partial charge in [-0.1, -0.05) is 72.8 Å². The van der Waals surface area contributed by atoms with Crippen LogP contribution < -0.4 is 4.74 Å². The van der Waals surface area contributed by atoms with Gasteiger partial charge < -0.3 is 33.5 Å². The van der Waals surface area contributed by atoms with E-state index in [2.05, 4.69) is 0 Å². The SMILES string of the molecule is COc1ccc(CO[C@@H]2C(O)O[C@@H]3CO[C@@H](c4ccccc4)O[C@H]3[C@@H]2OCc2ccccc2)cc1. The van der Waals surface area contributed by atoms with Gasteiger partial charge in [-0.05, 0) is 23.3 Å². The third kappa shape index (κ3) is 5.73. The molecule has 2 aliphatic rings. The summed E-state index contributed by atoms with van der Waals surface area (Å²) in [4.78, 5) is 0. The molecular formula is C28H30O7. The first-order valence-corrected chi connectivity index (χ1v) is 11.8. The smallest absolute Gasteiger partial charge is 0.184 e. The Morgan fingerprint density at radius 3 is 2.09 bits per heavy atom. The highest BCUT2D eigenvalue weighted by molar-refractivity contribution is 5.26. The first-order valence-electron chi connectivity index (χ1n) is 11.8. The average molecular weight is 479 g/mol. The lowest BCUT2D eigenvalue weighted by Gasteiger charge is -2.47. The molecule has 0 saturated carbocycles. The molecule has 1 N–H and O–H groups in total. The molecule has 1 unspecified atom stereocenters. The molecular weight excluding hydrogens is 448 g/mol. The Bertz CT molecular complexity index is 1040.